The largest absolute Gasteiger partial charge is 0.493 e. The van der Waals surface area contributed by atoms with Gasteiger partial charge in [-0.05, 0) is 74.6 Å². The molecule has 5 aliphatic heterocycles. The van der Waals surface area contributed by atoms with E-state index in [4.69, 9.17) is 23.8 Å². The van der Waals surface area contributed by atoms with Gasteiger partial charge in [0.15, 0.2) is 23.0 Å². The Kier molecular flexibility index (Phi) is 13.6. The standard InChI is InChI=1S/C50H56N6O10S2/c1-50(2,68-67-19-8-12-47(59)66-56-45(57)15-16-46(56)58)29-53(3)32-14-13-31-21-34-28-52-38-26-44(42(63-5)24-36(38)49(61)55(34)40(31)22-32)65-18-9-17-64-43-25-37-35(23-41(43)62-4)48(60)54-33(27-51-37)20-30-10-6-7-11-39(30)54/h6-7,10-11,13-14,22-26,33-34,51-52H,8-9,12,15-21,27-29H2,1-5H3/t33-,34-/m0/s1. The van der Waals surface area contributed by atoms with Crippen LogP contribution in [0.2, 0.25) is 0 Å². The zero-order valence-corrected chi connectivity index (χ0v) is 40.5. The third-order valence-corrected chi connectivity index (χ3v) is 16.1. The van der Waals surface area contributed by atoms with Gasteiger partial charge in [0.25, 0.3) is 23.6 Å². The Hall–Kier alpha value is -6.27. The van der Waals surface area contributed by atoms with E-state index in [1.54, 1.807) is 47.9 Å². The molecule has 1 saturated heterocycles. The van der Waals surface area contributed by atoms with Gasteiger partial charge in [-0.3, -0.25) is 19.2 Å². The molecule has 0 bridgehead atoms. The van der Waals surface area contributed by atoms with Crippen LogP contribution in [0.1, 0.15) is 77.8 Å². The molecule has 0 aromatic heterocycles. The summed E-state index contributed by atoms with van der Waals surface area (Å²) in [5, 5.41) is 7.59. The van der Waals surface area contributed by atoms with Crippen LogP contribution in [0, 0.1) is 0 Å². The predicted octanol–water partition coefficient (Wildman–Crippen LogP) is 7.53. The van der Waals surface area contributed by atoms with E-state index in [-0.39, 0.29) is 47.9 Å². The lowest BCUT2D eigenvalue weighted by atomic mass is 10.1. The number of amides is 4. The number of methoxy groups -OCH3 is 2. The third-order valence-electron chi connectivity index (χ3n) is 12.7. The molecule has 18 heteroatoms. The molecule has 68 heavy (non-hydrogen) atoms. The fourth-order valence-electron chi connectivity index (χ4n) is 9.49. The van der Waals surface area contributed by atoms with Crippen LogP contribution in [0.25, 0.3) is 0 Å². The summed E-state index contributed by atoms with van der Waals surface area (Å²) in [7, 11) is 8.57. The normalized spacial score (nSPS) is 18.0. The van der Waals surface area contributed by atoms with E-state index in [9.17, 15) is 24.0 Å². The van der Waals surface area contributed by atoms with Gasteiger partial charge in [0, 0.05) is 92.1 Å². The van der Waals surface area contributed by atoms with E-state index in [0.717, 1.165) is 42.0 Å². The Morgan fingerprint density at radius 1 is 0.735 bits per heavy atom. The molecule has 2 atom stereocenters. The van der Waals surface area contributed by atoms with Crippen LogP contribution >= 0.6 is 21.6 Å². The maximum absolute atomic E-state index is 14.5. The van der Waals surface area contributed by atoms with Crippen molar-refractivity contribution >= 4 is 79.6 Å². The first-order chi connectivity index (χ1) is 32.8. The van der Waals surface area contributed by atoms with Crippen LogP contribution in [0.5, 0.6) is 23.0 Å². The summed E-state index contributed by atoms with van der Waals surface area (Å²) in [5.41, 5.74) is 7.54. The van der Waals surface area contributed by atoms with Gasteiger partial charge in [-0.15, -0.1) is 5.06 Å². The molecular weight excluding hydrogens is 909 g/mol. The van der Waals surface area contributed by atoms with Gasteiger partial charge in [0.05, 0.1) is 62.0 Å². The smallest absolute Gasteiger partial charge is 0.333 e. The molecule has 1 fully saturated rings. The van der Waals surface area contributed by atoms with Crippen LogP contribution in [-0.2, 0) is 32.1 Å². The fourth-order valence-corrected chi connectivity index (χ4v) is 12.1. The molecule has 0 saturated carbocycles. The van der Waals surface area contributed by atoms with E-state index in [0.29, 0.717) is 95.5 Å². The quantitative estimate of drug-likeness (QED) is 0.0570. The molecule has 0 aliphatic carbocycles. The minimum absolute atomic E-state index is 0.0200. The molecule has 358 valence electrons. The lowest BCUT2D eigenvalue weighted by Crippen LogP contribution is -2.39. The summed E-state index contributed by atoms with van der Waals surface area (Å²) in [6.45, 7) is 6.87. The number of ether oxygens (including phenoxy) is 4. The predicted molar refractivity (Wildman–Crippen MR) is 264 cm³/mol. The number of carbonyl (C=O) groups excluding carboxylic acids is 5. The Morgan fingerprint density at radius 2 is 1.31 bits per heavy atom. The molecular formula is C50H56N6O10S2. The number of carbonyl (C=O) groups is 5. The van der Waals surface area contributed by atoms with Crippen LogP contribution in [0.15, 0.2) is 66.7 Å². The molecule has 16 nitrogen and oxygen atoms in total. The van der Waals surface area contributed by atoms with Gasteiger partial charge in [0.2, 0.25) is 0 Å². The Bertz CT molecular complexity index is 2630. The molecule has 4 aromatic carbocycles. The Labute approximate surface area is 403 Å². The highest BCUT2D eigenvalue weighted by atomic mass is 33.1. The first-order valence-electron chi connectivity index (χ1n) is 23.0. The second kappa shape index (κ2) is 19.8. The topological polar surface area (TPSA) is 169 Å². The number of nitrogens with one attached hydrogen (secondary N) is 2. The summed E-state index contributed by atoms with van der Waals surface area (Å²) in [5.74, 6) is 0.938. The number of anilines is 5. The van der Waals surface area contributed by atoms with Crippen LogP contribution < -0.4 is 44.3 Å². The van der Waals surface area contributed by atoms with Crippen molar-refractivity contribution in [2.75, 3.05) is 85.2 Å². The number of fused-ring (bicyclic) bond motifs is 8. The molecule has 0 spiro atoms. The zero-order chi connectivity index (χ0) is 47.7. The second-order valence-corrected chi connectivity index (χ2v) is 21.2. The van der Waals surface area contributed by atoms with Crippen molar-refractivity contribution in [1.82, 2.24) is 5.06 Å². The van der Waals surface area contributed by atoms with Gasteiger partial charge in [0.1, 0.15) is 0 Å². The Morgan fingerprint density at radius 3 is 1.91 bits per heavy atom. The lowest BCUT2D eigenvalue weighted by Gasteiger charge is -2.31. The SMILES string of the molecule is COc1cc2c(cc1OCCCOc1cc3c(cc1OC)C(=O)N1c4cc(N(C)CC(C)(C)SSCCCC(=O)ON5C(=O)CCC5=O)ccc4C[C@H]1CN3)NC[C@@H]1Cc3ccccc3N1C2=O. The number of imide groups is 1. The first-order valence-corrected chi connectivity index (χ1v) is 25.3. The second-order valence-electron chi connectivity index (χ2n) is 18.1. The molecule has 4 aromatic rings. The molecule has 5 aliphatic rings. The van der Waals surface area contributed by atoms with Gasteiger partial charge >= 0.3 is 5.97 Å². The minimum atomic E-state index is -0.585. The summed E-state index contributed by atoms with van der Waals surface area (Å²) in [6, 6.07) is 21.5. The molecule has 5 heterocycles. The van der Waals surface area contributed by atoms with Crippen molar-refractivity contribution in [2.24, 2.45) is 0 Å². The van der Waals surface area contributed by atoms with E-state index < -0.39 is 17.8 Å². The van der Waals surface area contributed by atoms with Gasteiger partial charge in [-0.2, -0.15) is 0 Å². The molecule has 0 unspecified atom stereocenters. The summed E-state index contributed by atoms with van der Waals surface area (Å²) >= 11 is 0. The summed E-state index contributed by atoms with van der Waals surface area (Å²) < 4.78 is 23.8. The van der Waals surface area contributed by atoms with E-state index >= 15 is 0 Å². The first kappa shape index (κ1) is 46.8. The number of rotatable bonds is 18. The molecule has 2 N–H and O–H groups in total. The number of para-hydroxylation sites is 1. The highest BCUT2D eigenvalue weighted by molar-refractivity contribution is 8.77. The number of hydrogen-bond donors (Lipinski definition) is 2. The van der Waals surface area contributed by atoms with Crippen molar-refractivity contribution in [2.45, 2.75) is 75.6 Å². The third kappa shape index (κ3) is 9.57. The number of hydrogen-bond acceptors (Lipinski definition) is 15. The van der Waals surface area contributed by atoms with E-state index in [1.165, 1.54) is 5.56 Å². The molecule has 4 amide bonds. The average Bonchev–Trinajstić information content (AvgIpc) is 3.94. The molecule has 0 radical (unpaired) electrons. The fraction of sp³-hybridized carbons (Fsp3) is 0.420. The van der Waals surface area contributed by atoms with Crippen LogP contribution in [0.3, 0.4) is 0 Å². The summed E-state index contributed by atoms with van der Waals surface area (Å²) in [4.78, 5) is 75.0. The van der Waals surface area contributed by atoms with Crippen molar-refractivity contribution < 1.29 is 47.8 Å². The van der Waals surface area contributed by atoms with Crippen molar-refractivity contribution in [3.05, 3.63) is 89.0 Å². The van der Waals surface area contributed by atoms with Gasteiger partial charge in [-0.25, -0.2) is 4.79 Å². The Balaban J connectivity index is 0.783. The number of benzene rings is 4. The zero-order valence-electron chi connectivity index (χ0n) is 38.9. The van der Waals surface area contributed by atoms with Crippen molar-refractivity contribution in [3.8, 4) is 23.0 Å². The van der Waals surface area contributed by atoms with E-state index in [2.05, 4.69) is 53.6 Å². The molecule has 9 rings (SSSR count). The van der Waals surface area contributed by atoms with Crippen molar-refractivity contribution in [3.63, 3.8) is 0 Å². The van der Waals surface area contributed by atoms with Crippen LogP contribution in [0.4, 0.5) is 28.4 Å². The highest BCUT2D eigenvalue weighted by Crippen LogP contribution is 2.44. The monoisotopic (exact) mass is 964 g/mol. The average molecular weight is 965 g/mol. The van der Waals surface area contributed by atoms with E-state index in [1.807, 2.05) is 47.2 Å². The van der Waals surface area contributed by atoms with Gasteiger partial charge < -0.3 is 49.1 Å². The highest BCUT2D eigenvalue weighted by Gasteiger charge is 2.40. The lowest BCUT2D eigenvalue weighted by molar-refractivity contribution is -0.197. The number of hydroxylamine groups is 2. The minimum Gasteiger partial charge on any atom is -0.493 e. The van der Waals surface area contributed by atoms with Crippen molar-refractivity contribution in [1.29, 1.82) is 0 Å². The van der Waals surface area contributed by atoms with Gasteiger partial charge in [-0.1, -0.05) is 45.9 Å². The van der Waals surface area contributed by atoms with Crippen LogP contribution in [-0.4, -0.2) is 111 Å². The maximum Gasteiger partial charge on any atom is 0.333 e. The number of nitrogens with zero attached hydrogens (tertiary/aromatic N) is 4. The summed E-state index contributed by atoms with van der Waals surface area (Å²) in [6.07, 6.45) is 2.86. The maximum atomic E-state index is 14.5.